The highest BCUT2D eigenvalue weighted by Crippen LogP contribution is 2.27. The molecule has 1 aliphatic rings. The number of hydrogen-bond acceptors (Lipinski definition) is 2. The highest BCUT2D eigenvalue weighted by molar-refractivity contribution is 9.10. The normalized spacial score (nSPS) is 14.0. The predicted octanol–water partition coefficient (Wildman–Crippen LogP) is 3.69. The minimum absolute atomic E-state index is 0.0480. The van der Waals surface area contributed by atoms with Crippen molar-refractivity contribution in [2.45, 2.75) is 19.4 Å². The minimum atomic E-state index is -0.732. The minimum Gasteiger partial charge on any atom is -0.326 e. The third-order valence-corrected chi connectivity index (χ3v) is 4.54. The molecule has 25 heavy (non-hydrogen) atoms. The van der Waals surface area contributed by atoms with Gasteiger partial charge in [0.05, 0.1) is 5.69 Å². The molecule has 0 aliphatic carbocycles. The van der Waals surface area contributed by atoms with Crippen molar-refractivity contribution in [2.24, 2.45) is 0 Å². The lowest BCUT2D eigenvalue weighted by Gasteiger charge is -2.22. The fraction of sp³-hybridized carbons (Fsp3) is 0.222. The van der Waals surface area contributed by atoms with E-state index in [1.54, 1.807) is 17.9 Å². The van der Waals surface area contributed by atoms with Gasteiger partial charge in [0.15, 0.2) is 0 Å². The molecule has 3 rings (SSSR count). The Kier molecular flexibility index (Phi) is 5.03. The van der Waals surface area contributed by atoms with Crippen molar-refractivity contribution in [1.29, 1.82) is 0 Å². The van der Waals surface area contributed by atoms with E-state index in [2.05, 4.69) is 26.6 Å². The number of fused-ring (bicyclic) bond motifs is 1. The highest BCUT2D eigenvalue weighted by atomic mass is 79.9. The summed E-state index contributed by atoms with van der Waals surface area (Å²) in [5.41, 5.74) is 2.04. The van der Waals surface area contributed by atoms with Gasteiger partial charge in [-0.25, -0.2) is 9.18 Å². The van der Waals surface area contributed by atoms with Crippen molar-refractivity contribution in [1.82, 2.24) is 5.32 Å². The van der Waals surface area contributed by atoms with E-state index < -0.39 is 17.9 Å². The van der Waals surface area contributed by atoms with Crippen LogP contribution in [0.25, 0.3) is 0 Å². The standard InChI is InChI=1S/C18H17BrFN3O2/c1-11(17(24)23-9-8-12-4-2-3-5-16(12)23)21-18(25)22-15-7-6-13(19)10-14(15)20/h2-7,10-11H,8-9H2,1H3,(H2,21,22,25)/t11-/m0/s1. The summed E-state index contributed by atoms with van der Waals surface area (Å²) in [7, 11) is 0. The molecule has 2 aromatic rings. The largest absolute Gasteiger partial charge is 0.326 e. The van der Waals surface area contributed by atoms with Crippen LogP contribution in [0, 0.1) is 5.82 Å². The van der Waals surface area contributed by atoms with Crippen molar-refractivity contribution in [3.8, 4) is 0 Å². The van der Waals surface area contributed by atoms with Crippen LogP contribution in [-0.2, 0) is 11.2 Å². The van der Waals surface area contributed by atoms with Crippen LogP contribution < -0.4 is 15.5 Å². The molecule has 0 unspecified atom stereocenters. The Bertz CT molecular complexity index is 828. The summed E-state index contributed by atoms with van der Waals surface area (Å²) in [6.07, 6.45) is 0.797. The lowest BCUT2D eigenvalue weighted by molar-refractivity contribution is -0.119. The van der Waals surface area contributed by atoms with Crippen molar-refractivity contribution in [3.05, 3.63) is 58.3 Å². The van der Waals surface area contributed by atoms with E-state index in [9.17, 15) is 14.0 Å². The number of benzene rings is 2. The first-order valence-electron chi connectivity index (χ1n) is 7.87. The number of para-hydroxylation sites is 1. The van der Waals surface area contributed by atoms with Crippen molar-refractivity contribution in [3.63, 3.8) is 0 Å². The molecule has 0 radical (unpaired) electrons. The fourth-order valence-electron chi connectivity index (χ4n) is 2.81. The number of urea groups is 1. The summed E-state index contributed by atoms with van der Waals surface area (Å²) in [5, 5.41) is 4.97. The molecule has 0 saturated heterocycles. The molecule has 0 saturated carbocycles. The molecule has 7 heteroatoms. The van der Waals surface area contributed by atoms with Crippen molar-refractivity contribution < 1.29 is 14.0 Å². The first-order valence-corrected chi connectivity index (χ1v) is 8.67. The Morgan fingerprint density at radius 3 is 2.76 bits per heavy atom. The van der Waals surface area contributed by atoms with Crippen LogP contribution in [0.3, 0.4) is 0 Å². The van der Waals surface area contributed by atoms with Gasteiger partial charge < -0.3 is 15.5 Å². The molecule has 2 aromatic carbocycles. The second-order valence-corrected chi connectivity index (χ2v) is 6.73. The second kappa shape index (κ2) is 7.23. The molecular weight excluding hydrogens is 389 g/mol. The zero-order valence-electron chi connectivity index (χ0n) is 13.6. The van der Waals surface area contributed by atoms with E-state index in [1.165, 1.54) is 12.1 Å². The molecule has 3 amide bonds. The molecule has 5 nitrogen and oxygen atoms in total. The Morgan fingerprint density at radius 1 is 1.24 bits per heavy atom. The molecule has 0 fully saturated rings. The predicted molar refractivity (Wildman–Crippen MR) is 98.2 cm³/mol. The number of nitrogens with one attached hydrogen (secondary N) is 2. The zero-order chi connectivity index (χ0) is 18.0. The van der Waals surface area contributed by atoms with Gasteiger partial charge in [-0.15, -0.1) is 0 Å². The number of rotatable bonds is 3. The summed E-state index contributed by atoms with van der Waals surface area (Å²) in [4.78, 5) is 26.3. The summed E-state index contributed by atoms with van der Waals surface area (Å²) >= 11 is 3.15. The average Bonchev–Trinajstić information content (AvgIpc) is 3.00. The van der Waals surface area contributed by atoms with E-state index >= 15 is 0 Å². The average molecular weight is 406 g/mol. The first kappa shape index (κ1) is 17.4. The Labute approximate surface area is 153 Å². The van der Waals surface area contributed by atoms with Crippen LogP contribution in [0.2, 0.25) is 0 Å². The van der Waals surface area contributed by atoms with Gasteiger partial charge in [-0.05, 0) is 43.2 Å². The number of hydrogen-bond donors (Lipinski definition) is 2. The third kappa shape index (κ3) is 3.82. The lowest BCUT2D eigenvalue weighted by atomic mass is 10.2. The summed E-state index contributed by atoms with van der Waals surface area (Å²) in [6.45, 7) is 2.20. The number of carbonyl (C=O) groups excluding carboxylic acids is 2. The second-order valence-electron chi connectivity index (χ2n) is 5.81. The van der Waals surface area contributed by atoms with Crippen LogP contribution in [-0.4, -0.2) is 24.5 Å². The van der Waals surface area contributed by atoms with Gasteiger partial charge >= 0.3 is 6.03 Å². The Morgan fingerprint density at radius 2 is 2.00 bits per heavy atom. The quantitative estimate of drug-likeness (QED) is 0.817. The van der Waals surface area contributed by atoms with Gasteiger partial charge in [-0.1, -0.05) is 34.1 Å². The third-order valence-electron chi connectivity index (χ3n) is 4.05. The monoisotopic (exact) mass is 405 g/mol. The summed E-state index contributed by atoms with van der Waals surface area (Å²) in [6, 6.07) is 10.7. The Balaban J connectivity index is 1.63. The van der Waals surface area contributed by atoms with E-state index in [0.29, 0.717) is 11.0 Å². The number of carbonyl (C=O) groups is 2. The molecule has 1 heterocycles. The molecule has 0 bridgehead atoms. The molecule has 0 aromatic heterocycles. The summed E-state index contributed by atoms with van der Waals surface area (Å²) in [5.74, 6) is -0.756. The van der Waals surface area contributed by atoms with E-state index in [0.717, 1.165) is 17.7 Å². The van der Waals surface area contributed by atoms with Gasteiger partial charge in [0.25, 0.3) is 0 Å². The molecule has 0 spiro atoms. The molecule has 1 atom stereocenters. The maximum atomic E-state index is 13.8. The van der Waals surface area contributed by atoms with Gasteiger partial charge in [0.1, 0.15) is 11.9 Å². The highest BCUT2D eigenvalue weighted by Gasteiger charge is 2.28. The van der Waals surface area contributed by atoms with Crippen LogP contribution in [0.15, 0.2) is 46.9 Å². The van der Waals surface area contributed by atoms with Gasteiger partial charge in [0.2, 0.25) is 5.91 Å². The van der Waals surface area contributed by atoms with E-state index in [1.807, 2.05) is 24.3 Å². The van der Waals surface area contributed by atoms with Gasteiger partial charge in [-0.3, -0.25) is 4.79 Å². The molecule has 1 aliphatic heterocycles. The van der Waals surface area contributed by atoms with Crippen LogP contribution in [0.4, 0.5) is 20.6 Å². The first-order chi connectivity index (χ1) is 12.0. The molecule has 2 N–H and O–H groups in total. The fourth-order valence-corrected chi connectivity index (χ4v) is 3.14. The van der Waals surface area contributed by atoms with Gasteiger partial charge in [0, 0.05) is 16.7 Å². The summed E-state index contributed by atoms with van der Waals surface area (Å²) < 4.78 is 14.3. The molecule has 130 valence electrons. The number of nitrogens with zero attached hydrogens (tertiary/aromatic N) is 1. The van der Waals surface area contributed by atoms with Crippen molar-refractivity contribution >= 4 is 39.2 Å². The van der Waals surface area contributed by atoms with Crippen LogP contribution in [0.5, 0.6) is 0 Å². The van der Waals surface area contributed by atoms with Crippen LogP contribution >= 0.6 is 15.9 Å². The topological polar surface area (TPSA) is 61.4 Å². The maximum Gasteiger partial charge on any atom is 0.319 e. The lowest BCUT2D eigenvalue weighted by Crippen LogP contribution is -2.47. The Hall–Kier alpha value is -2.41. The maximum absolute atomic E-state index is 13.8. The van der Waals surface area contributed by atoms with E-state index in [-0.39, 0.29) is 11.6 Å². The van der Waals surface area contributed by atoms with Crippen LogP contribution in [0.1, 0.15) is 12.5 Å². The SMILES string of the molecule is C[C@H](NC(=O)Nc1ccc(Br)cc1F)C(=O)N1CCc2ccccc21. The number of halogens is 2. The smallest absolute Gasteiger partial charge is 0.319 e. The number of amides is 3. The van der Waals surface area contributed by atoms with E-state index in [4.69, 9.17) is 0 Å². The zero-order valence-corrected chi connectivity index (χ0v) is 15.1. The number of anilines is 2. The van der Waals surface area contributed by atoms with Gasteiger partial charge in [-0.2, -0.15) is 0 Å². The molecular formula is C18H17BrFN3O2. The van der Waals surface area contributed by atoms with Crippen molar-refractivity contribution in [2.75, 3.05) is 16.8 Å².